The van der Waals surface area contributed by atoms with Gasteiger partial charge in [0, 0.05) is 25.4 Å². The largest absolute Gasteiger partial charge is 0.475 e. The van der Waals surface area contributed by atoms with E-state index in [0.717, 1.165) is 19.4 Å². The molecule has 1 fully saturated rings. The van der Waals surface area contributed by atoms with Crippen LogP contribution in [0.4, 0.5) is 0 Å². The molecule has 0 bridgehead atoms. The fraction of sp³-hybridized carbons (Fsp3) is 0.529. The van der Waals surface area contributed by atoms with E-state index < -0.39 is 0 Å². The smallest absolute Gasteiger partial charge is 0.255 e. The standard InChI is InChI=1S/C17H22N4O3/c1-11(2)23-15-7-6-13(9-18-15)17(22)21-8-4-5-14(10-21)16-19-12(3)20-24-16/h6-7,9,11,14H,4-5,8,10H2,1-3H3/t14-/m0/s1. The van der Waals surface area contributed by atoms with Gasteiger partial charge in [-0.1, -0.05) is 5.16 Å². The second-order valence-corrected chi connectivity index (χ2v) is 6.32. The van der Waals surface area contributed by atoms with Crippen molar-refractivity contribution in [3.63, 3.8) is 0 Å². The van der Waals surface area contributed by atoms with Gasteiger partial charge in [-0.2, -0.15) is 4.98 Å². The number of amides is 1. The first-order chi connectivity index (χ1) is 11.5. The lowest BCUT2D eigenvalue weighted by molar-refractivity contribution is 0.0695. The number of rotatable bonds is 4. The number of likely N-dealkylation sites (tertiary alicyclic amines) is 1. The molecule has 0 aromatic carbocycles. The molecule has 3 heterocycles. The van der Waals surface area contributed by atoms with Crippen LogP contribution in [0.2, 0.25) is 0 Å². The van der Waals surface area contributed by atoms with Crippen molar-refractivity contribution in [3.05, 3.63) is 35.6 Å². The minimum Gasteiger partial charge on any atom is -0.475 e. The molecule has 128 valence electrons. The SMILES string of the molecule is Cc1noc([C@H]2CCCN(C(=O)c3ccc(OC(C)C)nc3)C2)n1. The van der Waals surface area contributed by atoms with Crippen LogP contribution < -0.4 is 4.74 Å². The quantitative estimate of drug-likeness (QED) is 0.857. The highest BCUT2D eigenvalue weighted by Gasteiger charge is 2.28. The summed E-state index contributed by atoms with van der Waals surface area (Å²) in [6, 6.07) is 3.49. The number of carbonyl (C=O) groups excluding carboxylic acids is 1. The Kier molecular flexibility index (Phi) is 4.78. The molecule has 24 heavy (non-hydrogen) atoms. The van der Waals surface area contributed by atoms with Gasteiger partial charge in [-0.15, -0.1) is 0 Å². The highest BCUT2D eigenvalue weighted by atomic mass is 16.5. The maximum atomic E-state index is 12.7. The van der Waals surface area contributed by atoms with E-state index in [9.17, 15) is 4.79 Å². The Balaban J connectivity index is 1.67. The molecule has 0 N–H and O–H groups in total. The average Bonchev–Trinajstić information content (AvgIpc) is 3.01. The van der Waals surface area contributed by atoms with Crippen molar-refractivity contribution in [2.24, 2.45) is 0 Å². The predicted molar refractivity (Wildman–Crippen MR) is 86.9 cm³/mol. The summed E-state index contributed by atoms with van der Waals surface area (Å²) in [4.78, 5) is 23.0. The minimum atomic E-state index is -0.0282. The van der Waals surface area contributed by atoms with Gasteiger partial charge in [0.25, 0.3) is 5.91 Å². The zero-order valence-corrected chi connectivity index (χ0v) is 14.2. The number of pyridine rings is 1. The van der Waals surface area contributed by atoms with E-state index in [1.807, 2.05) is 18.7 Å². The second kappa shape index (κ2) is 6.98. The van der Waals surface area contributed by atoms with Gasteiger partial charge in [-0.25, -0.2) is 4.98 Å². The number of aryl methyl sites for hydroxylation is 1. The molecule has 0 spiro atoms. The summed E-state index contributed by atoms with van der Waals surface area (Å²) >= 11 is 0. The highest BCUT2D eigenvalue weighted by Crippen LogP contribution is 2.26. The zero-order chi connectivity index (χ0) is 17.1. The molecule has 7 heteroatoms. The summed E-state index contributed by atoms with van der Waals surface area (Å²) in [6.07, 6.45) is 3.49. The summed E-state index contributed by atoms with van der Waals surface area (Å²) in [6.45, 7) is 6.99. The number of piperidine rings is 1. The van der Waals surface area contributed by atoms with E-state index in [0.29, 0.717) is 29.7 Å². The molecule has 0 saturated carbocycles. The lowest BCUT2D eigenvalue weighted by Crippen LogP contribution is -2.39. The molecule has 7 nitrogen and oxygen atoms in total. The molecule has 0 radical (unpaired) electrons. The van der Waals surface area contributed by atoms with Gasteiger partial charge in [-0.05, 0) is 39.7 Å². The van der Waals surface area contributed by atoms with E-state index >= 15 is 0 Å². The average molecular weight is 330 g/mol. The lowest BCUT2D eigenvalue weighted by Gasteiger charge is -2.31. The molecule has 1 amide bonds. The summed E-state index contributed by atoms with van der Waals surface area (Å²) < 4.78 is 10.8. The molecule has 0 unspecified atom stereocenters. The van der Waals surface area contributed by atoms with Crippen LogP contribution in [0.15, 0.2) is 22.9 Å². The Morgan fingerprint density at radius 2 is 2.25 bits per heavy atom. The number of hydrogen-bond donors (Lipinski definition) is 0. The third kappa shape index (κ3) is 3.72. The fourth-order valence-electron chi connectivity index (χ4n) is 2.84. The van der Waals surface area contributed by atoms with Crippen LogP contribution in [0.25, 0.3) is 0 Å². The van der Waals surface area contributed by atoms with Crippen LogP contribution in [0.3, 0.4) is 0 Å². The topological polar surface area (TPSA) is 81.4 Å². The Labute approximate surface area is 141 Å². The molecule has 0 aliphatic carbocycles. The summed E-state index contributed by atoms with van der Waals surface area (Å²) in [5.41, 5.74) is 0.563. The lowest BCUT2D eigenvalue weighted by atomic mass is 9.97. The summed E-state index contributed by atoms with van der Waals surface area (Å²) in [7, 11) is 0. The zero-order valence-electron chi connectivity index (χ0n) is 14.2. The second-order valence-electron chi connectivity index (χ2n) is 6.32. The Hall–Kier alpha value is -2.44. The van der Waals surface area contributed by atoms with Gasteiger partial charge in [0.1, 0.15) is 0 Å². The van der Waals surface area contributed by atoms with Gasteiger partial charge in [0.05, 0.1) is 17.6 Å². The first-order valence-corrected chi connectivity index (χ1v) is 8.25. The van der Waals surface area contributed by atoms with Crippen LogP contribution in [-0.2, 0) is 0 Å². The summed E-state index contributed by atoms with van der Waals surface area (Å²) in [5, 5.41) is 3.84. The van der Waals surface area contributed by atoms with Crippen molar-refractivity contribution in [3.8, 4) is 5.88 Å². The van der Waals surface area contributed by atoms with E-state index in [1.54, 1.807) is 25.3 Å². The van der Waals surface area contributed by atoms with Crippen molar-refractivity contribution in [1.29, 1.82) is 0 Å². The van der Waals surface area contributed by atoms with Gasteiger partial charge in [0.15, 0.2) is 5.82 Å². The van der Waals surface area contributed by atoms with Crippen molar-refractivity contribution < 1.29 is 14.1 Å². The van der Waals surface area contributed by atoms with Crippen LogP contribution >= 0.6 is 0 Å². The normalized spacial score (nSPS) is 18.0. The monoisotopic (exact) mass is 330 g/mol. The van der Waals surface area contributed by atoms with Gasteiger partial charge < -0.3 is 14.2 Å². The predicted octanol–water partition coefficient (Wildman–Crippen LogP) is 2.58. The third-order valence-corrected chi connectivity index (χ3v) is 3.94. The maximum Gasteiger partial charge on any atom is 0.255 e. The maximum absolute atomic E-state index is 12.7. The van der Waals surface area contributed by atoms with Crippen LogP contribution in [0, 0.1) is 6.92 Å². The highest BCUT2D eigenvalue weighted by molar-refractivity contribution is 5.94. The fourth-order valence-corrected chi connectivity index (χ4v) is 2.84. The van der Waals surface area contributed by atoms with Crippen LogP contribution in [0.1, 0.15) is 54.7 Å². The van der Waals surface area contributed by atoms with Crippen molar-refractivity contribution in [2.45, 2.75) is 45.6 Å². The van der Waals surface area contributed by atoms with E-state index in [4.69, 9.17) is 9.26 Å². The number of hydrogen-bond acceptors (Lipinski definition) is 6. The Bertz CT molecular complexity index is 696. The number of carbonyl (C=O) groups is 1. The molecule has 1 saturated heterocycles. The number of ether oxygens (including phenoxy) is 1. The van der Waals surface area contributed by atoms with Crippen LogP contribution in [-0.4, -0.2) is 45.1 Å². The molecule has 2 aromatic rings. The molecule has 1 atom stereocenters. The first-order valence-electron chi connectivity index (χ1n) is 8.25. The molecule has 3 rings (SSSR count). The molecular weight excluding hydrogens is 308 g/mol. The Morgan fingerprint density at radius 3 is 2.88 bits per heavy atom. The molecule has 2 aromatic heterocycles. The van der Waals surface area contributed by atoms with Crippen molar-refractivity contribution in [1.82, 2.24) is 20.0 Å². The first kappa shape index (κ1) is 16.4. The van der Waals surface area contributed by atoms with Crippen molar-refractivity contribution >= 4 is 5.91 Å². The van der Waals surface area contributed by atoms with Gasteiger partial charge in [0.2, 0.25) is 11.8 Å². The van der Waals surface area contributed by atoms with Crippen molar-refractivity contribution in [2.75, 3.05) is 13.1 Å². The summed E-state index contributed by atoms with van der Waals surface area (Å²) in [5.74, 6) is 1.83. The Morgan fingerprint density at radius 1 is 1.42 bits per heavy atom. The molecule has 1 aliphatic rings. The third-order valence-electron chi connectivity index (χ3n) is 3.94. The molecular formula is C17H22N4O3. The van der Waals surface area contributed by atoms with Gasteiger partial charge >= 0.3 is 0 Å². The van der Waals surface area contributed by atoms with Gasteiger partial charge in [-0.3, -0.25) is 4.79 Å². The number of nitrogens with zero attached hydrogens (tertiary/aromatic N) is 4. The molecule has 1 aliphatic heterocycles. The minimum absolute atomic E-state index is 0.0282. The van der Waals surface area contributed by atoms with Crippen LogP contribution in [0.5, 0.6) is 5.88 Å². The number of aromatic nitrogens is 3. The van der Waals surface area contributed by atoms with E-state index in [2.05, 4.69) is 15.1 Å². The van der Waals surface area contributed by atoms with E-state index in [-0.39, 0.29) is 17.9 Å². The van der Waals surface area contributed by atoms with E-state index in [1.165, 1.54) is 0 Å².